The highest BCUT2D eigenvalue weighted by molar-refractivity contribution is 4.95. The van der Waals surface area contributed by atoms with E-state index >= 15 is 0 Å². The zero-order chi connectivity index (χ0) is 13.8. The lowest BCUT2D eigenvalue weighted by Crippen LogP contribution is -2.54. The molecule has 0 aromatic carbocycles. The SMILES string of the molecule is OCCCN(C1CCC1)C1CCOC2(CCCCC2)C1. The molecule has 1 aliphatic heterocycles. The van der Waals surface area contributed by atoms with Gasteiger partial charge in [-0.2, -0.15) is 0 Å². The fourth-order valence-corrected chi connectivity index (χ4v) is 4.46. The summed E-state index contributed by atoms with van der Waals surface area (Å²) in [5.41, 5.74) is 0.211. The number of hydrogen-bond acceptors (Lipinski definition) is 3. The van der Waals surface area contributed by atoms with Crippen LogP contribution >= 0.6 is 0 Å². The van der Waals surface area contributed by atoms with Crippen LogP contribution in [0, 0.1) is 0 Å². The standard InChI is InChI=1S/C17H31NO2/c19-12-5-11-18(15-6-4-7-15)16-8-13-20-17(14-16)9-2-1-3-10-17/h15-16,19H,1-14H2. The molecule has 3 aliphatic rings. The van der Waals surface area contributed by atoms with E-state index in [0.717, 1.165) is 25.6 Å². The second-order valence-electron chi connectivity index (χ2n) is 7.14. The lowest BCUT2D eigenvalue weighted by atomic mass is 9.77. The first-order valence-corrected chi connectivity index (χ1v) is 8.84. The van der Waals surface area contributed by atoms with Crippen LogP contribution in [0.25, 0.3) is 0 Å². The topological polar surface area (TPSA) is 32.7 Å². The molecule has 0 bridgehead atoms. The summed E-state index contributed by atoms with van der Waals surface area (Å²) in [6.07, 6.45) is 14.2. The minimum atomic E-state index is 0.211. The van der Waals surface area contributed by atoms with Crippen molar-refractivity contribution < 1.29 is 9.84 Å². The third-order valence-corrected chi connectivity index (χ3v) is 5.82. The van der Waals surface area contributed by atoms with Gasteiger partial charge in [0.1, 0.15) is 0 Å². The van der Waals surface area contributed by atoms with Crippen LogP contribution in [0.4, 0.5) is 0 Å². The van der Waals surface area contributed by atoms with Crippen LogP contribution in [-0.2, 0) is 4.74 Å². The van der Waals surface area contributed by atoms with Gasteiger partial charge >= 0.3 is 0 Å². The molecule has 1 N–H and O–H groups in total. The van der Waals surface area contributed by atoms with Gasteiger partial charge in [0.2, 0.25) is 0 Å². The molecule has 1 spiro atoms. The largest absolute Gasteiger partial charge is 0.396 e. The summed E-state index contributed by atoms with van der Waals surface area (Å²) in [5, 5.41) is 9.18. The maximum atomic E-state index is 9.18. The van der Waals surface area contributed by atoms with Crippen LogP contribution in [0.3, 0.4) is 0 Å². The normalized spacial score (nSPS) is 30.6. The Morgan fingerprint density at radius 1 is 1.00 bits per heavy atom. The van der Waals surface area contributed by atoms with E-state index in [2.05, 4.69) is 4.90 Å². The molecule has 0 aromatic heterocycles. The molecule has 3 rings (SSSR count). The number of nitrogens with zero attached hydrogens (tertiary/aromatic N) is 1. The molecule has 116 valence electrons. The second-order valence-corrected chi connectivity index (χ2v) is 7.14. The predicted octanol–water partition coefficient (Wildman–Crippen LogP) is 3.11. The number of ether oxygens (including phenoxy) is 1. The van der Waals surface area contributed by atoms with E-state index in [1.54, 1.807) is 0 Å². The Balaban J connectivity index is 1.63. The lowest BCUT2D eigenvalue weighted by molar-refractivity contribution is -0.131. The molecule has 2 saturated carbocycles. The van der Waals surface area contributed by atoms with Crippen LogP contribution in [0.5, 0.6) is 0 Å². The molecule has 1 unspecified atom stereocenters. The van der Waals surface area contributed by atoms with Gasteiger partial charge in [-0.25, -0.2) is 0 Å². The van der Waals surface area contributed by atoms with Crippen LogP contribution in [0.15, 0.2) is 0 Å². The summed E-state index contributed by atoms with van der Waals surface area (Å²) >= 11 is 0. The number of aliphatic hydroxyl groups excluding tert-OH is 1. The zero-order valence-electron chi connectivity index (χ0n) is 12.9. The van der Waals surface area contributed by atoms with E-state index in [9.17, 15) is 5.11 Å². The lowest BCUT2D eigenvalue weighted by Gasteiger charge is -2.50. The van der Waals surface area contributed by atoms with Gasteiger partial charge in [0.05, 0.1) is 5.60 Å². The van der Waals surface area contributed by atoms with Gasteiger partial charge in [0.25, 0.3) is 0 Å². The van der Waals surface area contributed by atoms with Crippen molar-refractivity contribution in [2.45, 2.75) is 88.3 Å². The molecule has 0 amide bonds. The highest BCUT2D eigenvalue weighted by atomic mass is 16.5. The third-order valence-electron chi connectivity index (χ3n) is 5.82. The number of hydrogen-bond donors (Lipinski definition) is 1. The van der Waals surface area contributed by atoms with Gasteiger partial charge in [-0.05, 0) is 44.9 Å². The Bertz CT molecular complexity index is 292. The van der Waals surface area contributed by atoms with Crippen molar-refractivity contribution in [2.24, 2.45) is 0 Å². The minimum absolute atomic E-state index is 0.211. The van der Waals surface area contributed by atoms with Gasteiger partial charge < -0.3 is 9.84 Å². The van der Waals surface area contributed by atoms with Crippen molar-refractivity contribution >= 4 is 0 Å². The van der Waals surface area contributed by atoms with E-state index in [0.29, 0.717) is 12.6 Å². The van der Waals surface area contributed by atoms with Crippen molar-refractivity contribution in [3.8, 4) is 0 Å². The summed E-state index contributed by atoms with van der Waals surface area (Å²) in [7, 11) is 0. The average molecular weight is 281 g/mol. The molecular formula is C17H31NO2. The zero-order valence-corrected chi connectivity index (χ0v) is 12.9. The molecular weight excluding hydrogens is 250 g/mol. The third kappa shape index (κ3) is 3.20. The first kappa shape index (κ1) is 14.8. The second kappa shape index (κ2) is 6.76. The molecule has 0 aromatic rings. The highest BCUT2D eigenvalue weighted by Crippen LogP contribution is 2.41. The summed E-state index contributed by atoms with van der Waals surface area (Å²) in [4.78, 5) is 2.73. The maximum Gasteiger partial charge on any atom is 0.0697 e. The number of aliphatic hydroxyl groups is 1. The van der Waals surface area contributed by atoms with E-state index < -0.39 is 0 Å². The van der Waals surface area contributed by atoms with E-state index in [1.165, 1.54) is 64.2 Å². The average Bonchev–Trinajstić information content (AvgIpc) is 2.42. The van der Waals surface area contributed by atoms with Crippen LogP contribution in [-0.4, -0.2) is 47.4 Å². The van der Waals surface area contributed by atoms with Crippen molar-refractivity contribution in [3.05, 3.63) is 0 Å². The van der Waals surface area contributed by atoms with Gasteiger partial charge in [-0.1, -0.05) is 25.7 Å². The van der Waals surface area contributed by atoms with Gasteiger partial charge in [0.15, 0.2) is 0 Å². The Labute approximate surface area is 123 Å². The fourth-order valence-electron chi connectivity index (χ4n) is 4.46. The Hall–Kier alpha value is -0.120. The minimum Gasteiger partial charge on any atom is -0.396 e. The van der Waals surface area contributed by atoms with Crippen LogP contribution in [0.1, 0.15) is 70.6 Å². The molecule has 20 heavy (non-hydrogen) atoms. The smallest absolute Gasteiger partial charge is 0.0697 e. The molecule has 1 atom stereocenters. The Kier molecular flexibility index (Phi) is 5.00. The first-order chi connectivity index (χ1) is 9.83. The van der Waals surface area contributed by atoms with E-state index in [4.69, 9.17) is 4.74 Å². The predicted molar refractivity (Wildman–Crippen MR) is 80.8 cm³/mol. The molecule has 3 nitrogen and oxygen atoms in total. The fraction of sp³-hybridized carbons (Fsp3) is 1.00. The van der Waals surface area contributed by atoms with Crippen molar-refractivity contribution in [1.82, 2.24) is 4.90 Å². The van der Waals surface area contributed by atoms with E-state index in [1.807, 2.05) is 0 Å². The number of rotatable bonds is 5. The summed E-state index contributed by atoms with van der Waals surface area (Å²) in [6.45, 7) is 2.37. The van der Waals surface area contributed by atoms with Crippen molar-refractivity contribution in [1.29, 1.82) is 0 Å². The van der Waals surface area contributed by atoms with E-state index in [-0.39, 0.29) is 5.60 Å². The Morgan fingerprint density at radius 2 is 1.80 bits per heavy atom. The molecule has 3 fully saturated rings. The Morgan fingerprint density at radius 3 is 2.45 bits per heavy atom. The van der Waals surface area contributed by atoms with Gasteiger partial charge in [-0.15, -0.1) is 0 Å². The van der Waals surface area contributed by atoms with Gasteiger partial charge in [0, 0.05) is 31.8 Å². The van der Waals surface area contributed by atoms with Crippen molar-refractivity contribution in [3.63, 3.8) is 0 Å². The first-order valence-electron chi connectivity index (χ1n) is 8.84. The molecule has 1 heterocycles. The van der Waals surface area contributed by atoms with Crippen LogP contribution in [0.2, 0.25) is 0 Å². The molecule has 3 heteroatoms. The molecule has 0 radical (unpaired) electrons. The summed E-state index contributed by atoms with van der Waals surface area (Å²) < 4.78 is 6.25. The van der Waals surface area contributed by atoms with Crippen molar-refractivity contribution in [2.75, 3.05) is 19.8 Å². The summed E-state index contributed by atoms with van der Waals surface area (Å²) in [5.74, 6) is 0. The monoisotopic (exact) mass is 281 g/mol. The molecule has 2 aliphatic carbocycles. The molecule has 1 saturated heterocycles. The highest BCUT2D eigenvalue weighted by Gasteiger charge is 2.42. The van der Waals surface area contributed by atoms with Crippen LogP contribution < -0.4 is 0 Å². The quantitative estimate of drug-likeness (QED) is 0.840. The van der Waals surface area contributed by atoms with Gasteiger partial charge in [-0.3, -0.25) is 4.90 Å². The summed E-state index contributed by atoms with van der Waals surface area (Å²) in [6, 6.07) is 1.50. The maximum absolute atomic E-state index is 9.18.